The van der Waals surface area contributed by atoms with Gasteiger partial charge in [0.25, 0.3) is 0 Å². The van der Waals surface area contributed by atoms with Crippen molar-refractivity contribution in [2.75, 3.05) is 25.5 Å². The van der Waals surface area contributed by atoms with Gasteiger partial charge in [0.05, 0.1) is 11.9 Å². The Morgan fingerprint density at radius 2 is 2.32 bits per heavy atom. The number of imidazole rings is 1. The summed E-state index contributed by atoms with van der Waals surface area (Å²) in [6, 6.07) is 4.62. The van der Waals surface area contributed by atoms with Crippen molar-refractivity contribution in [2.24, 2.45) is 0 Å². The van der Waals surface area contributed by atoms with Crippen LogP contribution in [0, 0.1) is 0 Å². The Kier molecular flexibility index (Phi) is 3.46. The molecular formula is C14H19N5. The number of anilines is 1. The van der Waals surface area contributed by atoms with Crippen LogP contribution in [0.4, 0.5) is 5.69 Å². The van der Waals surface area contributed by atoms with E-state index in [1.807, 2.05) is 23.0 Å². The molecule has 1 fully saturated rings. The normalized spacial score (nSPS) is 20.4. The number of hydrogen-bond acceptors (Lipinski definition) is 4. The molecule has 1 aliphatic rings. The number of pyridine rings is 1. The van der Waals surface area contributed by atoms with Crippen molar-refractivity contribution in [1.82, 2.24) is 19.4 Å². The lowest BCUT2D eigenvalue weighted by atomic mass is 10.1. The fourth-order valence-corrected chi connectivity index (χ4v) is 2.54. The Labute approximate surface area is 113 Å². The van der Waals surface area contributed by atoms with Gasteiger partial charge >= 0.3 is 0 Å². The van der Waals surface area contributed by atoms with E-state index >= 15 is 0 Å². The van der Waals surface area contributed by atoms with E-state index in [0.29, 0.717) is 6.04 Å². The van der Waals surface area contributed by atoms with Gasteiger partial charge in [0.2, 0.25) is 0 Å². The third-order valence-corrected chi connectivity index (χ3v) is 3.51. The molecule has 2 aromatic rings. The Hall–Kier alpha value is -1.88. The smallest absolute Gasteiger partial charge is 0.137 e. The molecule has 5 heteroatoms. The summed E-state index contributed by atoms with van der Waals surface area (Å²) in [4.78, 5) is 10.8. The molecule has 1 atom stereocenters. The van der Waals surface area contributed by atoms with Gasteiger partial charge in [0, 0.05) is 25.0 Å². The second kappa shape index (κ2) is 5.40. The minimum atomic E-state index is 0.527. The van der Waals surface area contributed by atoms with E-state index in [1.165, 1.54) is 19.4 Å². The van der Waals surface area contributed by atoms with E-state index in [4.69, 9.17) is 0 Å². The summed E-state index contributed by atoms with van der Waals surface area (Å²) in [7, 11) is 2.17. The number of nitrogens with zero attached hydrogens (tertiary/aromatic N) is 4. The van der Waals surface area contributed by atoms with Crippen molar-refractivity contribution in [3.05, 3.63) is 37.1 Å². The molecule has 1 unspecified atom stereocenters. The maximum Gasteiger partial charge on any atom is 0.137 e. The second-order valence-electron chi connectivity index (χ2n) is 5.12. The first-order valence-corrected chi connectivity index (χ1v) is 6.71. The minimum Gasteiger partial charge on any atom is -0.380 e. The average molecular weight is 257 g/mol. The fourth-order valence-electron chi connectivity index (χ4n) is 2.54. The first kappa shape index (κ1) is 12.2. The van der Waals surface area contributed by atoms with Crippen LogP contribution in [-0.4, -0.2) is 45.6 Å². The molecule has 19 heavy (non-hydrogen) atoms. The van der Waals surface area contributed by atoms with Gasteiger partial charge in [-0.25, -0.2) is 9.97 Å². The van der Waals surface area contributed by atoms with Crippen molar-refractivity contribution in [2.45, 2.75) is 18.9 Å². The van der Waals surface area contributed by atoms with E-state index in [9.17, 15) is 0 Å². The van der Waals surface area contributed by atoms with Crippen LogP contribution in [0.2, 0.25) is 0 Å². The lowest BCUT2D eigenvalue weighted by Crippen LogP contribution is -2.39. The predicted octanol–water partition coefficient (Wildman–Crippen LogP) is 1.77. The highest BCUT2D eigenvalue weighted by molar-refractivity contribution is 5.44. The van der Waals surface area contributed by atoms with Crippen molar-refractivity contribution in [3.63, 3.8) is 0 Å². The largest absolute Gasteiger partial charge is 0.380 e. The second-order valence-corrected chi connectivity index (χ2v) is 5.12. The van der Waals surface area contributed by atoms with Gasteiger partial charge in [0.1, 0.15) is 12.1 Å². The molecule has 0 saturated carbocycles. The van der Waals surface area contributed by atoms with Gasteiger partial charge in [-0.1, -0.05) is 0 Å². The summed E-state index contributed by atoms with van der Waals surface area (Å²) >= 11 is 0. The Bertz CT molecular complexity index is 505. The van der Waals surface area contributed by atoms with E-state index in [2.05, 4.69) is 33.3 Å². The van der Waals surface area contributed by atoms with E-state index in [0.717, 1.165) is 18.1 Å². The van der Waals surface area contributed by atoms with Crippen LogP contribution < -0.4 is 5.32 Å². The zero-order valence-corrected chi connectivity index (χ0v) is 11.2. The standard InChI is InChI=1S/C14H19N5/c1-18-7-2-3-13(10-18)17-12-4-5-14(16-9-12)19-8-6-15-11-19/h4-6,8-9,11,13,17H,2-3,7,10H2,1H3. The Morgan fingerprint density at radius 3 is 3.00 bits per heavy atom. The van der Waals surface area contributed by atoms with Crippen LogP contribution in [0.1, 0.15) is 12.8 Å². The topological polar surface area (TPSA) is 46.0 Å². The summed E-state index contributed by atoms with van der Waals surface area (Å²) in [5.74, 6) is 0.892. The lowest BCUT2D eigenvalue weighted by Gasteiger charge is -2.30. The monoisotopic (exact) mass is 257 g/mol. The highest BCUT2D eigenvalue weighted by atomic mass is 15.1. The van der Waals surface area contributed by atoms with Crippen LogP contribution in [-0.2, 0) is 0 Å². The van der Waals surface area contributed by atoms with Crippen LogP contribution in [0.15, 0.2) is 37.1 Å². The lowest BCUT2D eigenvalue weighted by molar-refractivity contribution is 0.261. The molecule has 3 rings (SSSR count). The number of rotatable bonds is 3. The number of piperidine rings is 1. The van der Waals surface area contributed by atoms with Crippen LogP contribution in [0.25, 0.3) is 5.82 Å². The van der Waals surface area contributed by atoms with Crippen LogP contribution in [0.3, 0.4) is 0 Å². The molecule has 1 N–H and O–H groups in total. The van der Waals surface area contributed by atoms with E-state index < -0.39 is 0 Å². The van der Waals surface area contributed by atoms with Gasteiger partial charge in [0.15, 0.2) is 0 Å². The summed E-state index contributed by atoms with van der Waals surface area (Å²) in [5.41, 5.74) is 1.09. The zero-order chi connectivity index (χ0) is 13.1. The summed E-state index contributed by atoms with van der Waals surface area (Å²) in [5, 5.41) is 3.55. The van der Waals surface area contributed by atoms with Crippen molar-refractivity contribution in [3.8, 4) is 5.82 Å². The number of hydrogen-bond donors (Lipinski definition) is 1. The molecule has 1 aliphatic heterocycles. The Morgan fingerprint density at radius 1 is 1.37 bits per heavy atom. The molecule has 0 aliphatic carbocycles. The van der Waals surface area contributed by atoms with Gasteiger partial charge in [-0.15, -0.1) is 0 Å². The molecule has 0 radical (unpaired) electrons. The number of aromatic nitrogens is 3. The van der Waals surface area contributed by atoms with Gasteiger partial charge in [-0.2, -0.15) is 0 Å². The quantitative estimate of drug-likeness (QED) is 0.910. The average Bonchev–Trinajstić information content (AvgIpc) is 2.94. The molecule has 1 saturated heterocycles. The molecule has 100 valence electrons. The maximum atomic E-state index is 4.45. The third-order valence-electron chi connectivity index (χ3n) is 3.51. The SMILES string of the molecule is CN1CCCC(Nc2ccc(-n3ccnc3)nc2)C1. The van der Waals surface area contributed by atoms with E-state index in [-0.39, 0.29) is 0 Å². The first-order valence-electron chi connectivity index (χ1n) is 6.71. The Balaban J connectivity index is 1.66. The third kappa shape index (κ3) is 2.93. The van der Waals surface area contributed by atoms with Crippen LogP contribution >= 0.6 is 0 Å². The predicted molar refractivity (Wildman–Crippen MR) is 75.5 cm³/mol. The van der Waals surface area contributed by atoms with Crippen molar-refractivity contribution in [1.29, 1.82) is 0 Å². The number of likely N-dealkylation sites (N-methyl/N-ethyl adjacent to an activating group) is 1. The molecular weight excluding hydrogens is 238 g/mol. The fraction of sp³-hybridized carbons (Fsp3) is 0.429. The molecule has 0 spiro atoms. The van der Waals surface area contributed by atoms with Crippen molar-refractivity contribution >= 4 is 5.69 Å². The molecule has 0 bridgehead atoms. The summed E-state index contributed by atoms with van der Waals surface area (Å²) < 4.78 is 1.90. The molecule has 5 nitrogen and oxygen atoms in total. The first-order chi connectivity index (χ1) is 9.31. The summed E-state index contributed by atoms with van der Waals surface area (Å²) in [6.45, 7) is 2.30. The zero-order valence-electron chi connectivity index (χ0n) is 11.2. The molecule has 0 aromatic carbocycles. The van der Waals surface area contributed by atoms with Gasteiger partial charge in [-0.3, -0.25) is 4.57 Å². The van der Waals surface area contributed by atoms with Crippen molar-refractivity contribution < 1.29 is 0 Å². The van der Waals surface area contributed by atoms with E-state index in [1.54, 1.807) is 12.5 Å². The maximum absolute atomic E-state index is 4.45. The number of nitrogens with one attached hydrogen (secondary N) is 1. The summed E-state index contributed by atoms with van der Waals surface area (Å²) in [6.07, 6.45) is 9.79. The molecule has 3 heterocycles. The highest BCUT2D eigenvalue weighted by Crippen LogP contribution is 2.15. The van der Waals surface area contributed by atoms with Crippen LogP contribution in [0.5, 0.6) is 0 Å². The highest BCUT2D eigenvalue weighted by Gasteiger charge is 2.16. The number of likely N-dealkylation sites (tertiary alicyclic amines) is 1. The van der Waals surface area contributed by atoms with Gasteiger partial charge in [-0.05, 0) is 38.6 Å². The molecule has 2 aromatic heterocycles. The molecule has 0 amide bonds. The van der Waals surface area contributed by atoms with Gasteiger partial charge < -0.3 is 10.2 Å². The minimum absolute atomic E-state index is 0.527.